The summed E-state index contributed by atoms with van der Waals surface area (Å²) in [7, 11) is 1.42. The van der Waals surface area contributed by atoms with E-state index < -0.39 is 18.5 Å². The molecule has 0 saturated heterocycles. The summed E-state index contributed by atoms with van der Waals surface area (Å²) in [6.07, 6.45) is 4.55. The number of hydrogen-bond donors (Lipinski definition) is 3. The Morgan fingerprint density at radius 1 is 1.17 bits per heavy atom. The van der Waals surface area contributed by atoms with Gasteiger partial charge in [0, 0.05) is 12.1 Å². The second-order valence-corrected chi connectivity index (χ2v) is 6.71. The van der Waals surface area contributed by atoms with Crippen LogP contribution in [-0.4, -0.2) is 42.6 Å². The molecule has 0 aliphatic heterocycles. The fourth-order valence-electron chi connectivity index (χ4n) is 2.61. The van der Waals surface area contributed by atoms with Crippen LogP contribution < -0.4 is 15.4 Å². The summed E-state index contributed by atoms with van der Waals surface area (Å²) < 4.78 is 9.93. The van der Waals surface area contributed by atoms with Gasteiger partial charge in [0.25, 0.3) is 11.8 Å². The second-order valence-electron chi connectivity index (χ2n) is 6.71. The minimum Gasteiger partial charge on any atom is -0.504 e. The highest BCUT2D eigenvalue weighted by molar-refractivity contribution is 6.04. The van der Waals surface area contributed by atoms with E-state index in [2.05, 4.69) is 10.6 Å². The first kappa shape index (κ1) is 20.9. The molecule has 0 atom stereocenters. The molecular weight excluding hydrogens is 388 g/mol. The smallest absolute Gasteiger partial charge is 0.331 e. The Bertz CT molecular complexity index is 981. The zero-order valence-electron chi connectivity index (χ0n) is 16.4. The maximum atomic E-state index is 12.3. The Morgan fingerprint density at radius 2 is 1.93 bits per heavy atom. The SMILES string of the molecule is COc1cc(C=CC(=O)OCC(=O)Nc2ccccc2C(=O)NC2CC2)ccc1O. The van der Waals surface area contributed by atoms with E-state index >= 15 is 0 Å². The highest BCUT2D eigenvalue weighted by Gasteiger charge is 2.25. The molecule has 3 N–H and O–H groups in total. The molecule has 2 aromatic carbocycles. The molecule has 8 heteroatoms. The number of nitrogens with one attached hydrogen (secondary N) is 2. The van der Waals surface area contributed by atoms with Gasteiger partial charge in [-0.25, -0.2) is 4.79 Å². The Balaban J connectivity index is 1.52. The van der Waals surface area contributed by atoms with Gasteiger partial charge in [-0.1, -0.05) is 18.2 Å². The number of hydrogen-bond acceptors (Lipinski definition) is 6. The van der Waals surface area contributed by atoms with Crippen LogP contribution in [-0.2, 0) is 14.3 Å². The molecule has 1 saturated carbocycles. The molecular formula is C22H22N2O6. The van der Waals surface area contributed by atoms with Gasteiger partial charge in [-0.2, -0.15) is 0 Å². The van der Waals surface area contributed by atoms with Crippen LogP contribution in [0, 0.1) is 0 Å². The number of phenolic OH excluding ortho intramolecular Hbond substituents is 1. The number of amides is 2. The lowest BCUT2D eigenvalue weighted by Gasteiger charge is -2.11. The molecule has 1 fully saturated rings. The van der Waals surface area contributed by atoms with E-state index in [9.17, 15) is 19.5 Å². The first-order valence-corrected chi connectivity index (χ1v) is 9.38. The standard InChI is InChI=1S/C22H22N2O6/c1-29-19-12-14(6-10-18(19)25)7-11-21(27)30-13-20(26)24-17-5-3-2-4-16(17)22(28)23-15-8-9-15/h2-7,10-12,15,25H,8-9,13H2,1H3,(H,23,28)(H,24,26). The van der Waals surface area contributed by atoms with Crippen molar-refractivity contribution in [2.45, 2.75) is 18.9 Å². The molecule has 8 nitrogen and oxygen atoms in total. The number of ether oxygens (including phenoxy) is 2. The quantitative estimate of drug-likeness (QED) is 0.455. The number of para-hydroxylation sites is 1. The van der Waals surface area contributed by atoms with E-state index in [1.165, 1.54) is 19.3 Å². The van der Waals surface area contributed by atoms with E-state index in [-0.39, 0.29) is 23.4 Å². The van der Waals surface area contributed by atoms with Crippen molar-refractivity contribution in [2.75, 3.05) is 19.0 Å². The summed E-state index contributed by atoms with van der Waals surface area (Å²) in [6, 6.07) is 11.4. The molecule has 30 heavy (non-hydrogen) atoms. The first-order valence-electron chi connectivity index (χ1n) is 9.38. The molecule has 156 valence electrons. The lowest BCUT2D eigenvalue weighted by Crippen LogP contribution is -2.27. The largest absolute Gasteiger partial charge is 0.504 e. The highest BCUT2D eigenvalue weighted by Crippen LogP contribution is 2.26. The van der Waals surface area contributed by atoms with Crippen LogP contribution in [0.4, 0.5) is 5.69 Å². The van der Waals surface area contributed by atoms with Gasteiger partial charge in [0.05, 0.1) is 18.4 Å². The number of rotatable bonds is 8. The molecule has 0 spiro atoms. The summed E-state index contributed by atoms with van der Waals surface area (Å²) in [6.45, 7) is -0.499. The van der Waals surface area contributed by atoms with Crippen LogP contribution in [0.25, 0.3) is 6.08 Å². The molecule has 0 aromatic heterocycles. The third-order valence-electron chi connectivity index (χ3n) is 4.32. The lowest BCUT2D eigenvalue weighted by atomic mass is 10.1. The van der Waals surface area contributed by atoms with Gasteiger partial charge >= 0.3 is 5.97 Å². The molecule has 3 rings (SSSR count). The van der Waals surface area contributed by atoms with Crippen molar-refractivity contribution < 1.29 is 29.0 Å². The van der Waals surface area contributed by atoms with Crippen LogP contribution in [0.3, 0.4) is 0 Å². The van der Waals surface area contributed by atoms with Crippen molar-refractivity contribution in [2.24, 2.45) is 0 Å². The second kappa shape index (κ2) is 9.60. The fraction of sp³-hybridized carbons (Fsp3) is 0.227. The van der Waals surface area contributed by atoms with E-state index in [1.807, 2.05) is 0 Å². The predicted molar refractivity (Wildman–Crippen MR) is 110 cm³/mol. The average Bonchev–Trinajstić information content (AvgIpc) is 3.56. The number of carbonyl (C=O) groups excluding carboxylic acids is 3. The van der Waals surface area contributed by atoms with Crippen molar-refractivity contribution in [1.29, 1.82) is 0 Å². The van der Waals surface area contributed by atoms with E-state index in [0.29, 0.717) is 16.8 Å². The van der Waals surface area contributed by atoms with Crippen molar-refractivity contribution >= 4 is 29.5 Å². The van der Waals surface area contributed by atoms with Crippen molar-refractivity contribution in [3.8, 4) is 11.5 Å². The molecule has 0 unspecified atom stereocenters. The maximum absolute atomic E-state index is 12.3. The number of anilines is 1. The van der Waals surface area contributed by atoms with Crippen molar-refractivity contribution in [1.82, 2.24) is 5.32 Å². The predicted octanol–water partition coefficient (Wildman–Crippen LogP) is 2.49. The average molecular weight is 410 g/mol. The zero-order valence-corrected chi connectivity index (χ0v) is 16.4. The third-order valence-corrected chi connectivity index (χ3v) is 4.32. The summed E-state index contributed by atoms with van der Waals surface area (Å²) in [4.78, 5) is 36.3. The minimum absolute atomic E-state index is 0.0139. The van der Waals surface area contributed by atoms with Crippen molar-refractivity contribution in [3.63, 3.8) is 0 Å². The number of methoxy groups -OCH3 is 1. The number of aromatic hydroxyl groups is 1. The topological polar surface area (TPSA) is 114 Å². The molecule has 0 radical (unpaired) electrons. The van der Waals surface area contributed by atoms with Crippen LogP contribution >= 0.6 is 0 Å². The van der Waals surface area contributed by atoms with Crippen LogP contribution in [0.15, 0.2) is 48.5 Å². The molecule has 0 bridgehead atoms. The van der Waals surface area contributed by atoms with E-state index in [1.54, 1.807) is 36.4 Å². The zero-order chi connectivity index (χ0) is 21.5. The Morgan fingerprint density at radius 3 is 2.67 bits per heavy atom. The van der Waals surface area contributed by atoms with Gasteiger partial charge < -0.3 is 25.2 Å². The van der Waals surface area contributed by atoms with Gasteiger partial charge in [0.2, 0.25) is 0 Å². The van der Waals surface area contributed by atoms with Crippen LogP contribution in [0.1, 0.15) is 28.8 Å². The Hall–Kier alpha value is -3.81. The van der Waals surface area contributed by atoms with Gasteiger partial charge in [0.15, 0.2) is 18.1 Å². The fourth-order valence-corrected chi connectivity index (χ4v) is 2.61. The monoisotopic (exact) mass is 410 g/mol. The third kappa shape index (κ3) is 5.84. The van der Waals surface area contributed by atoms with Crippen molar-refractivity contribution in [3.05, 3.63) is 59.7 Å². The Kier molecular flexibility index (Phi) is 6.69. The Labute approximate surface area is 173 Å². The van der Waals surface area contributed by atoms with Gasteiger partial charge in [-0.15, -0.1) is 0 Å². The van der Waals surface area contributed by atoms with Gasteiger partial charge in [-0.05, 0) is 48.7 Å². The summed E-state index contributed by atoms with van der Waals surface area (Å²) in [5, 5.41) is 15.0. The van der Waals surface area contributed by atoms with Gasteiger partial charge in [0.1, 0.15) is 0 Å². The molecule has 0 heterocycles. The maximum Gasteiger partial charge on any atom is 0.331 e. The van der Waals surface area contributed by atoms with Crippen LogP contribution in [0.2, 0.25) is 0 Å². The molecule has 2 amide bonds. The normalized spacial score (nSPS) is 13.0. The summed E-state index contributed by atoms with van der Waals surface area (Å²) in [5.74, 6) is -1.27. The minimum atomic E-state index is -0.711. The van der Waals surface area contributed by atoms with Gasteiger partial charge in [-0.3, -0.25) is 9.59 Å². The molecule has 2 aromatic rings. The first-order chi connectivity index (χ1) is 14.5. The number of benzene rings is 2. The number of carbonyl (C=O) groups is 3. The summed E-state index contributed by atoms with van der Waals surface area (Å²) in [5.41, 5.74) is 1.32. The lowest BCUT2D eigenvalue weighted by molar-refractivity contribution is -0.142. The van der Waals surface area contributed by atoms with E-state index in [4.69, 9.17) is 9.47 Å². The highest BCUT2D eigenvalue weighted by atomic mass is 16.5. The molecule has 1 aliphatic rings. The summed E-state index contributed by atoms with van der Waals surface area (Å²) >= 11 is 0. The van der Waals surface area contributed by atoms with E-state index in [0.717, 1.165) is 18.9 Å². The number of esters is 1. The molecule has 1 aliphatic carbocycles. The number of phenols is 1. The van der Waals surface area contributed by atoms with Crippen LogP contribution in [0.5, 0.6) is 11.5 Å².